The molecule has 146 valence electrons. The molecule has 0 fully saturated rings. The highest BCUT2D eigenvalue weighted by atomic mass is 35.5. The first-order valence-electron chi connectivity index (χ1n) is 8.36. The van der Waals surface area contributed by atoms with Crippen molar-refractivity contribution < 1.29 is 12.9 Å². The summed E-state index contributed by atoms with van der Waals surface area (Å²) in [6, 6.07) is 3.09. The molecule has 2 aromatic heterocycles. The van der Waals surface area contributed by atoms with E-state index in [4.69, 9.17) is 16.1 Å². The lowest BCUT2D eigenvalue weighted by atomic mass is 10.1. The Bertz CT molecular complexity index is 952. The first-order chi connectivity index (χ1) is 13.0. The third-order valence-electron chi connectivity index (χ3n) is 3.77. The van der Waals surface area contributed by atoms with Gasteiger partial charge >= 0.3 is 0 Å². The van der Waals surface area contributed by atoms with E-state index in [9.17, 15) is 8.42 Å². The Balaban J connectivity index is 1.86. The van der Waals surface area contributed by atoms with Crippen LogP contribution in [0.25, 0.3) is 10.7 Å². The van der Waals surface area contributed by atoms with Crippen LogP contribution in [0.3, 0.4) is 0 Å². The summed E-state index contributed by atoms with van der Waals surface area (Å²) in [5, 5.41) is 12.6. The third kappa shape index (κ3) is 4.47. The van der Waals surface area contributed by atoms with Crippen molar-refractivity contribution in [2.75, 3.05) is 13.1 Å². The number of aromatic nitrogens is 2. The van der Waals surface area contributed by atoms with Crippen LogP contribution in [0, 0.1) is 5.92 Å². The fourth-order valence-corrected chi connectivity index (χ4v) is 4.63. The van der Waals surface area contributed by atoms with Crippen molar-refractivity contribution in [2.24, 2.45) is 15.4 Å². The number of guanidine groups is 1. The van der Waals surface area contributed by atoms with Gasteiger partial charge in [0.15, 0.2) is 0 Å². The highest BCUT2D eigenvalue weighted by Gasteiger charge is 2.25. The van der Waals surface area contributed by atoms with Gasteiger partial charge in [-0.05, 0) is 25.5 Å². The van der Waals surface area contributed by atoms with Crippen LogP contribution in [-0.2, 0) is 15.9 Å². The minimum atomic E-state index is -3.91. The lowest BCUT2D eigenvalue weighted by Gasteiger charge is -2.18. The van der Waals surface area contributed by atoms with Crippen molar-refractivity contribution in [3.63, 3.8) is 0 Å². The Morgan fingerprint density at radius 1 is 1.48 bits per heavy atom. The van der Waals surface area contributed by atoms with Gasteiger partial charge in [0.25, 0.3) is 10.0 Å². The van der Waals surface area contributed by atoms with Gasteiger partial charge in [-0.25, -0.2) is 5.01 Å². The average Bonchev–Trinajstić information content (AvgIpc) is 3.40. The molecule has 0 amide bonds. The molecule has 0 aromatic carbocycles. The molecule has 2 aromatic rings. The van der Waals surface area contributed by atoms with Gasteiger partial charge in [0.1, 0.15) is 10.1 Å². The molecule has 9 nitrogen and oxygen atoms in total. The van der Waals surface area contributed by atoms with Crippen molar-refractivity contribution in [1.82, 2.24) is 20.5 Å². The van der Waals surface area contributed by atoms with E-state index in [1.165, 1.54) is 6.07 Å². The number of hydrogen-bond donors (Lipinski definition) is 1. The number of nitrogens with one attached hydrogen (secondary N) is 1. The molecule has 0 saturated heterocycles. The van der Waals surface area contributed by atoms with E-state index in [1.54, 1.807) is 11.1 Å². The number of sulfonamides is 1. The summed E-state index contributed by atoms with van der Waals surface area (Å²) in [4.78, 5) is 4.65. The van der Waals surface area contributed by atoms with Crippen LogP contribution in [0.5, 0.6) is 0 Å². The highest BCUT2D eigenvalue weighted by Crippen LogP contribution is 2.30. The van der Waals surface area contributed by atoms with Crippen molar-refractivity contribution in [1.29, 1.82) is 0 Å². The molecule has 1 atom stereocenters. The van der Waals surface area contributed by atoms with Crippen molar-refractivity contribution in [2.45, 2.75) is 30.4 Å². The molecule has 1 aliphatic rings. The number of halogens is 1. The minimum absolute atomic E-state index is 0.0837. The summed E-state index contributed by atoms with van der Waals surface area (Å²) >= 11 is 6.66. The molecule has 1 aliphatic heterocycles. The normalized spacial score (nSPS) is 17.7. The maximum absolute atomic E-state index is 12.8. The van der Waals surface area contributed by atoms with Crippen LogP contribution in [0.2, 0.25) is 0 Å². The molecular formula is C15H19ClN6O3S2. The summed E-state index contributed by atoms with van der Waals surface area (Å²) in [5.41, 5.74) is 0. The van der Waals surface area contributed by atoms with E-state index in [-0.39, 0.29) is 27.9 Å². The zero-order chi connectivity index (χ0) is 19.4. The second-order valence-electron chi connectivity index (χ2n) is 5.70. The molecule has 3 heterocycles. The van der Waals surface area contributed by atoms with Gasteiger partial charge in [0, 0.05) is 18.7 Å². The van der Waals surface area contributed by atoms with E-state index in [0.717, 1.165) is 17.8 Å². The van der Waals surface area contributed by atoms with E-state index in [0.29, 0.717) is 23.8 Å². The number of thiophene rings is 1. The number of hydrogen-bond acceptors (Lipinski definition) is 7. The number of rotatable bonds is 6. The van der Waals surface area contributed by atoms with Crippen LogP contribution in [-0.4, -0.2) is 48.8 Å². The zero-order valence-electron chi connectivity index (χ0n) is 14.8. The van der Waals surface area contributed by atoms with Gasteiger partial charge < -0.3 is 9.84 Å². The molecule has 0 bridgehead atoms. The standard InChI is InChI=1S/C15H19ClN6O3S2/c1-3-10-8-18-22(9-10)15(17-4-2)21-27(23,24)13-6-5-11(26-13)14-19-12(7-16)25-20-14/h5-6,8,10H,3-4,7,9H2,1-2H3,(H,17,21). The SMILES string of the molecule is CCN/C(=N\S(=O)(=O)c1ccc(-c2noc(CCl)n2)s1)N1CC(CC)C=N1. The van der Waals surface area contributed by atoms with Crippen LogP contribution >= 0.6 is 22.9 Å². The van der Waals surface area contributed by atoms with Gasteiger partial charge in [-0.1, -0.05) is 12.1 Å². The number of alkyl halides is 1. The largest absolute Gasteiger partial charge is 0.354 e. The van der Waals surface area contributed by atoms with E-state index < -0.39 is 10.0 Å². The van der Waals surface area contributed by atoms with Crippen molar-refractivity contribution >= 4 is 45.1 Å². The van der Waals surface area contributed by atoms with Crippen LogP contribution in [0.1, 0.15) is 26.2 Å². The molecular weight excluding hydrogens is 412 g/mol. The molecule has 12 heteroatoms. The van der Waals surface area contributed by atoms with Crippen LogP contribution in [0.15, 0.2) is 30.4 Å². The van der Waals surface area contributed by atoms with Gasteiger partial charge in [-0.15, -0.1) is 27.3 Å². The Labute approximate surface area is 166 Å². The summed E-state index contributed by atoms with van der Waals surface area (Å²) in [7, 11) is -3.91. The van der Waals surface area contributed by atoms with Crippen LogP contribution < -0.4 is 5.32 Å². The summed E-state index contributed by atoms with van der Waals surface area (Å²) in [6.07, 6.45) is 2.74. The van der Waals surface area contributed by atoms with Gasteiger partial charge in [0.05, 0.1) is 11.4 Å². The van der Waals surface area contributed by atoms with Crippen molar-refractivity contribution in [3.05, 3.63) is 18.0 Å². The topological polar surface area (TPSA) is 113 Å². The molecule has 0 spiro atoms. The lowest BCUT2D eigenvalue weighted by Crippen LogP contribution is -2.38. The quantitative estimate of drug-likeness (QED) is 0.425. The van der Waals surface area contributed by atoms with E-state index in [1.807, 2.05) is 13.1 Å². The predicted octanol–water partition coefficient (Wildman–Crippen LogP) is 2.52. The first-order valence-corrected chi connectivity index (χ1v) is 11.1. The predicted molar refractivity (Wildman–Crippen MR) is 104 cm³/mol. The van der Waals surface area contributed by atoms with Gasteiger partial charge in [-0.3, -0.25) is 0 Å². The second kappa shape index (κ2) is 8.36. The maximum atomic E-state index is 12.8. The van der Waals surface area contributed by atoms with Gasteiger partial charge in [0.2, 0.25) is 17.7 Å². The Morgan fingerprint density at radius 2 is 2.30 bits per heavy atom. The molecule has 3 rings (SSSR count). The van der Waals surface area contributed by atoms with Gasteiger partial charge in [-0.2, -0.15) is 18.5 Å². The molecule has 0 radical (unpaired) electrons. The number of nitrogens with zero attached hydrogens (tertiary/aromatic N) is 5. The third-order valence-corrected chi connectivity index (χ3v) is 6.82. The molecule has 0 saturated carbocycles. The monoisotopic (exact) mass is 430 g/mol. The molecule has 1 N–H and O–H groups in total. The fraction of sp³-hybridized carbons (Fsp3) is 0.467. The summed E-state index contributed by atoms with van der Waals surface area (Å²) < 4.78 is 34.5. The minimum Gasteiger partial charge on any atom is -0.354 e. The summed E-state index contributed by atoms with van der Waals surface area (Å²) in [5.74, 6) is 1.15. The maximum Gasteiger partial charge on any atom is 0.295 e. The number of hydrazone groups is 1. The Morgan fingerprint density at radius 3 is 2.93 bits per heavy atom. The molecule has 27 heavy (non-hydrogen) atoms. The Hall–Kier alpha value is -1.98. The second-order valence-corrected chi connectivity index (χ2v) is 8.88. The van der Waals surface area contributed by atoms with Crippen LogP contribution in [0.4, 0.5) is 0 Å². The highest BCUT2D eigenvalue weighted by molar-refractivity contribution is 7.92. The van der Waals surface area contributed by atoms with E-state index in [2.05, 4.69) is 31.9 Å². The molecule has 1 unspecified atom stereocenters. The zero-order valence-corrected chi connectivity index (χ0v) is 17.2. The smallest absolute Gasteiger partial charge is 0.295 e. The first kappa shape index (κ1) is 19.8. The molecule has 0 aliphatic carbocycles. The Kier molecular flexibility index (Phi) is 6.12. The fourth-order valence-electron chi connectivity index (χ4n) is 2.34. The lowest BCUT2D eigenvalue weighted by molar-refractivity contribution is 0.391. The summed E-state index contributed by atoms with van der Waals surface area (Å²) in [6.45, 7) is 5.05. The van der Waals surface area contributed by atoms with E-state index >= 15 is 0 Å². The van der Waals surface area contributed by atoms with Crippen molar-refractivity contribution in [3.8, 4) is 10.7 Å². The average molecular weight is 431 g/mol.